The minimum atomic E-state index is -3.59. The summed E-state index contributed by atoms with van der Waals surface area (Å²) in [5.74, 6) is 0.784. The third-order valence-corrected chi connectivity index (χ3v) is 11.9. The number of hydrogen-bond acceptors (Lipinski definition) is 5. The van der Waals surface area contributed by atoms with Gasteiger partial charge in [-0.3, -0.25) is 4.90 Å². The van der Waals surface area contributed by atoms with Crippen molar-refractivity contribution in [2.75, 3.05) is 20.1 Å². The third-order valence-electron chi connectivity index (χ3n) is 10.1. The molecule has 0 aromatic heterocycles. The molecule has 1 saturated heterocycles. The predicted octanol–water partition coefficient (Wildman–Crippen LogP) is 3.91. The highest BCUT2D eigenvalue weighted by molar-refractivity contribution is 7.88. The maximum Gasteiger partial charge on any atom is 0.218 e. The molecule has 1 N–H and O–H groups in total. The van der Waals surface area contributed by atoms with E-state index in [1.165, 1.54) is 11.1 Å². The summed E-state index contributed by atoms with van der Waals surface area (Å²) in [7, 11) is -1.89. The smallest absolute Gasteiger partial charge is 0.218 e. The normalized spacial score (nSPS) is 31.1. The average Bonchev–Trinajstić information content (AvgIpc) is 3.28. The van der Waals surface area contributed by atoms with E-state index in [1.54, 1.807) is 11.4 Å². The lowest BCUT2D eigenvalue weighted by Gasteiger charge is -2.64. The second-order valence-electron chi connectivity index (χ2n) is 11.8. The van der Waals surface area contributed by atoms with Crippen LogP contribution in [0.3, 0.4) is 0 Å². The number of hydrogen-bond donors (Lipinski definition) is 1. The van der Waals surface area contributed by atoms with Crippen LogP contribution in [0.25, 0.3) is 0 Å². The molecule has 5 atom stereocenters. The van der Waals surface area contributed by atoms with Crippen LogP contribution in [-0.4, -0.2) is 66.7 Å². The van der Waals surface area contributed by atoms with Crippen molar-refractivity contribution in [2.24, 2.45) is 0 Å². The summed E-state index contributed by atoms with van der Waals surface area (Å²) in [6.07, 6.45) is 3.20. The topological polar surface area (TPSA) is 70.1 Å². The lowest BCUT2D eigenvalue weighted by molar-refractivity contribution is -0.195. The SMILES string of the molecule is CN([C@@H]1CC[C@@]2(O)[C@H]3Cc4cccc5c4[C@@]2(CCN3CCc2ccccc2)[C@H]1O5)S(=O)(=O)Cc1ccccc1. The molecule has 0 radical (unpaired) electrons. The van der Waals surface area contributed by atoms with Crippen LogP contribution >= 0.6 is 0 Å². The van der Waals surface area contributed by atoms with E-state index in [4.69, 9.17) is 4.74 Å². The van der Waals surface area contributed by atoms with Crippen molar-refractivity contribution in [2.45, 2.75) is 67.1 Å². The van der Waals surface area contributed by atoms with Crippen LogP contribution in [0.5, 0.6) is 5.75 Å². The van der Waals surface area contributed by atoms with Gasteiger partial charge in [-0.1, -0.05) is 72.8 Å². The Hall–Kier alpha value is -2.71. The molecular weight excluding hydrogens is 508 g/mol. The Morgan fingerprint density at radius 3 is 2.44 bits per heavy atom. The molecule has 2 heterocycles. The van der Waals surface area contributed by atoms with Crippen LogP contribution in [0.1, 0.15) is 41.5 Å². The van der Waals surface area contributed by atoms with Gasteiger partial charge in [0.15, 0.2) is 0 Å². The molecular formula is C32H36N2O4S. The molecule has 204 valence electrons. The second kappa shape index (κ2) is 9.16. The summed E-state index contributed by atoms with van der Waals surface area (Å²) in [5.41, 5.74) is 2.88. The van der Waals surface area contributed by atoms with Crippen molar-refractivity contribution in [3.8, 4) is 5.75 Å². The molecule has 2 bridgehead atoms. The van der Waals surface area contributed by atoms with E-state index in [-0.39, 0.29) is 17.8 Å². The van der Waals surface area contributed by atoms with Gasteiger partial charge in [-0.15, -0.1) is 0 Å². The van der Waals surface area contributed by atoms with Crippen molar-refractivity contribution in [3.63, 3.8) is 0 Å². The van der Waals surface area contributed by atoms with Gasteiger partial charge in [0, 0.05) is 25.2 Å². The minimum Gasteiger partial charge on any atom is -0.487 e. The van der Waals surface area contributed by atoms with Gasteiger partial charge in [-0.05, 0) is 61.4 Å². The molecule has 0 unspecified atom stereocenters. The van der Waals surface area contributed by atoms with Gasteiger partial charge in [-0.25, -0.2) is 8.42 Å². The Bertz CT molecular complexity index is 1480. The van der Waals surface area contributed by atoms with Crippen LogP contribution in [0, 0.1) is 0 Å². The van der Waals surface area contributed by atoms with E-state index in [1.807, 2.05) is 48.5 Å². The van der Waals surface area contributed by atoms with Gasteiger partial charge in [0.25, 0.3) is 0 Å². The molecule has 6 nitrogen and oxygen atoms in total. The summed E-state index contributed by atoms with van der Waals surface area (Å²) in [6, 6.07) is 25.8. The lowest BCUT2D eigenvalue weighted by Crippen LogP contribution is -2.78. The highest BCUT2D eigenvalue weighted by atomic mass is 32.2. The van der Waals surface area contributed by atoms with Gasteiger partial charge < -0.3 is 9.84 Å². The Morgan fingerprint density at radius 2 is 1.69 bits per heavy atom. The van der Waals surface area contributed by atoms with Gasteiger partial charge in [0.2, 0.25) is 10.0 Å². The maximum atomic E-state index is 13.6. The third kappa shape index (κ3) is 3.74. The number of benzene rings is 3. The van der Waals surface area contributed by atoms with Gasteiger partial charge >= 0.3 is 0 Å². The number of likely N-dealkylation sites (N-methyl/N-ethyl adjacent to an activating group) is 1. The molecule has 1 spiro atoms. The van der Waals surface area contributed by atoms with E-state index in [9.17, 15) is 13.5 Å². The largest absolute Gasteiger partial charge is 0.487 e. The minimum absolute atomic E-state index is 0.0194. The second-order valence-corrected chi connectivity index (χ2v) is 13.9. The Kier molecular flexibility index (Phi) is 5.94. The predicted molar refractivity (Wildman–Crippen MR) is 151 cm³/mol. The standard InChI is InChI=1S/C32H36N2O4S/c1-33(39(36,37)22-24-11-6-3-7-12-24)26-15-17-32(35)28-21-25-13-8-14-27-29(25)31(32,30(26)38-27)18-20-34(28)19-16-23-9-4-2-5-10-23/h2-14,26,28,30,35H,15-22H2,1H3/t26-,28-,30+,31+,32-/m1/s1. The summed E-state index contributed by atoms with van der Waals surface area (Å²) in [4.78, 5) is 2.49. The first-order chi connectivity index (χ1) is 18.8. The fraction of sp³-hybridized carbons (Fsp3) is 0.438. The van der Waals surface area contributed by atoms with Crippen LogP contribution in [-0.2, 0) is 34.0 Å². The number of likely N-dealkylation sites (tertiary alicyclic amines) is 1. The molecule has 2 aliphatic heterocycles. The van der Waals surface area contributed by atoms with Crippen molar-refractivity contribution in [3.05, 3.63) is 101 Å². The van der Waals surface area contributed by atoms with Gasteiger partial charge in [-0.2, -0.15) is 4.31 Å². The molecule has 2 aliphatic carbocycles. The lowest BCUT2D eigenvalue weighted by atomic mass is 9.48. The van der Waals surface area contributed by atoms with Crippen molar-refractivity contribution < 1.29 is 18.3 Å². The first-order valence-corrected chi connectivity index (χ1v) is 15.7. The van der Waals surface area contributed by atoms with E-state index in [0.29, 0.717) is 12.8 Å². The molecule has 0 amide bonds. The van der Waals surface area contributed by atoms with E-state index >= 15 is 0 Å². The molecule has 4 aliphatic rings. The highest BCUT2D eigenvalue weighted by Gasteiger charge is 2.73. The monoisotopic (exact) mass is 544 g/mol. The van der Waals surface area contributed by atoms with E-state index < -0.39 is 27.1 Å². The summed E-state index contributed by atoms with van der Waals surface area (Å²) in [5, 5.41) is 12.7. The molecule has 7 rings (SSSR count). The number of sulfonamides is 1. The maximum absolute atomic E-state index is 13.6. The van der Waals surface area contributed by atoms with Crippen LogP contribution < -0.4 is 4.74 Å². The molecule has 1 saturated carbocycles. The first kappa shape index (κ1) is 25.3. The summed E-state index contributed by atoms with van der Waals surface area (Å²) >= 11 is 0. The molecule has 39 heavy (non-hydrogen) atoms. The summed E-state index contributed by atoms with van der Waals surface area (Å²) in [6.45, 7) is 1.75. The first-order valence-electron chi connectivity index (χ1n) is 14.1. The van der Waals surface area contributed by atoms with Crippen LogP contribution in [0.4, 0.5) is 0 Å². The van der Waals surface area contributed by atoms with Gasteiger partial charge in [0.05, 0.1) is 22.8 Å². The number of aliphatic hydroxyl groups is 1. The number of nitrogens with zero attached hydrogens (tertiary/aromatic N) is 2. The van der Waals surface area contributed by atoms with Crippen LogP contribution in [0.2, 0.25) is 0 Å². The molecule has 3 aromatic rings. The zero-order chi connectivity index (χ0) is 26.8. The number of rotatable bonds is 7. The Balaban J connectivity index is 1.23. The fourth-order valence-electron chi connectivity index (χ4n) is 8.23. The number of ether oxygens (including phenoxy) is 1. The molecule has 2 fully saturated rings. The van der Waals surface area contributed by atoms with Crippen LogP contribution in [0.15, 0.2) is 78.9 Å². The average molecular weight is 545 g/mol. The fourth-order valence-corrected chi connectivity index (χ4v) is 9.67. The zero-order valence-electron chi connectivity index (χ0n) is 22.4. The summed E-state index contributed by atoms with van der Waals surface area (Å²) < 4.78 is 35.5. The van der Waals surface area contributed by atoms with E-state index in [2.05, 4.69) is 35.2 Å². The Labute approximate surface area is 231 Å². The number of piperidine rings is 1. The highest BCUT2D eigenvalue weighted by Crippen LogP contribution is 2.64. The van der Waals surface area contributed by atoms with Crippen molar-refractivity contribution in [1.29, 1.82) is 0 Å². The van der Waals surface area contributed by atoms with E-state index in [0.717, 1.165) is 49.2 Å². The quantitative estimate of drug-likeness (QED) is 0.489. The molecule has 7 heteroatoms. The van der Waals surface area contributed by atoms with Crippen molar-refractivity contribution >= 4 is 10.0 Å². The van der Waals surface area contributed by atoms with Crippen molar-refractivity contribution in [1.82, 2.24) is 9.21 Å². The Morgan fingerprint density at radius 1 is 0.974 bits per heavy atom. The molecule has 3 aromatic carbocycles. The zero-order valence-corrected chi connectivity index (χ0v) is 23.2. The van der Waals surface area contributed by atoms with Gasteiger partial charge in [0.1, 0.15) is 11.9 Å².